The summed E-state index contributed by atoms with van der Waals surface area (Å²) in [5.74, 6) is 1.69. The molecular weight excluding hydrogens is 326 g/mol. The molecule has 0 bridgehead atoms. The molecule has 2 heterocycles. The lowest BCUT2D eigenvalue weighted by atomic mass is 10.1. The van der Waals surface area contributed by atoms with Crippen LogP contribution in [0.2, 0.25) is 0 Å². The van der Waals surface area contributed by atoms with Crippen molar-refractivity contribution in [1.82, 2.24) is 15.3 Å². The van der Waals surface area contributed by atoms with E-state index < -0.39 is 0 Å². The molecule has 3 rings (SSSR count). The summed E-state index contributed by atoms with van der Waals surface area (Å²) in [6.45, 7) is 5.28. The van der Waals surface area contributed by atoms with E-state index in [1.807, 2.05) is 43.3 Å². The number of nitrogens with zero attached hydrogens (tertiary/aromatic N) is 3. The van der Waals surface area contributed by atoms with Crippen LogP contribution in [0.1, 0.15) is 30.5 Å². The van der Waals surface area contributed by atoms with E-state index in [1.165, 1.54) is 18.4 Å². The largest absolute Gasteiger partial charge is 0.356 e. The smallest absolute Gasteiger partial charge is 0.224 e. The van der Waals surface area contributed by atoms with Crippen molar-refractivity contribution in [1.29, 1.82) is 0 Å². The molecule has 0 radical (unpaired) electrons. The van der Waals surface area contributed by atoms with Crippen molar-refractivity contribution in [3.05, 3.63) is 47.7 Å². The topological polar surface area (TPSA) is 70.2 Å². The van der Waals surface area contributed by atoms with Crippen LogP contribution in [0.15, 0.2) is 36.4 Å². The van der Waals surface area contributed by atoms with E-state index in [1.54, 1.807) is 0 Å². The molecule has 2 N–H and O–H groups in total. The van der Waals surface area contributed by atoms with Crippen molar-refractivity contribution >= 4 is 17.7 Å². The van der Waals surface area contributed by atoms with Gasteiger partial charge in [0.25, 0.3) is 0 Å². The maximum Gasteiger partial charge on any atom is 0.224 e. The first-order valence-corrected chi connectivity index (χ1v) is 9.36. The highest BCUT2D eigenvalue weighted by molar-refractivity contribution is 5.76. The lowest BCUT2D eigenvalue weighted by molar-refractivity contribution is -0.120. The number of nitrogens with one attached hydrogen (secondary N) is 2. The summed E-state index contributed by atoms with van der Waals surface area (Å²) < 4.78 is 0. The van der Waals surface area contributed by atoms with Gasteiger partial charge in [0, 0.05) is 44.4 Å². The Hall–Kier alpha value is -2.63. The van der Waals surface area contributed by atoms with E-state index in [9.17, 15) is 4.79 Å². The molecule has 1 amide bonds. The van der Waals surface area contributed by atoms with Crippen LogP contribution in [0, 0.1) is 6.92 Å². The van der Waals surface area contributed by atoms with Gasteiger partial charge in [0.1, 0.15) is 5.82 Å². The minimum absolute atomic E-state index is 0.0681. The summed E-state index contributed by atoms with van der Waals surface area (Å²) in [4.78, 5) is 23.3. The average Bonchev–Trinajstić information content (AvgIpc) is 3.19. The van der Waals surface area contributed by atoms with Crippen LogP contribution in [0.3, 0.4) is 0 Å². The second-order valence-electron chi connectivity index (χ2n) is 6.65. The number of benzene rings is 1. The second-order valence-corrected chi connectivity index (χ2v) is 6.65. The summed E-state index contributed by atoms with van der Waals surface area (Å²) >= 11 is 0. The number of rotatable bonds is 8. The van der Waals surface area contributed by atoms with Gasteiger partial charge in [0.05, 0.1) is 0 Å². The zero-order chi connectivity index (χ0) is 18.2. The quantitative estimate of drug-likeness (QED) is 0.714. The zero-order valence-electron chi connectivity index (χ0n) is 15.4. The first kappa shape index (κ1) is 18.2. The lowest BCUT2D eigenvalue weighted by Crippen LogP contribution is -2.29. The van der Waals surface area contributed by atoms with E-state index in [2.05, 4.69) is 25.5 Å². The van der Waals surface area contributed by atoms with Crippen LogP contribution in [0.4, 0.5) is 11.8 Å². The number of carbonyl (C=O) groups excluding carboxylic acids is 1. The first-order valence-electron chi connectivity index (χ1n) is 9.36. The summed E-state index contributed by atoms with van der Waals surface area (Å²) in [5, 5.41) is 6.15. The Morgan fingerprint density at radius 3 is 2.65 bits per heavy atom. The molecule has 1 aromatic carbocycles. The Balaban J connectivity index is 1.39. The number of hydrogen-bond acceptors (Lipinski definition) is 5. The number of amides is 1. The highest BCUT2D eigenvalue weighted by atomic mass is 16.1. The molecule has 0 atom stereocenters. The summed E-state index contributed by atoms with van der Waals surface area (Å²) in [5.41, 5.74) is 2.14. The number of anilines is 2. The minimum Gasteiger partial charge on any atom is -0.356 e. The fourth-order valence-electron chi connectivity index (χ4n) is 3.11. The van der Waals surface area contributed by atoms with E-state index in [0.29, 0.717) is 25.5 Å². The van der Waals surface area contributed by atoms with Gasteiger partial charge in [0.15, 0.2) is 0 Å². The molecule has 0 unspecified atom stereocenters. The summed E-state index contributed by atoms with van der Waals surface area (Å²) in [6, 6.07) is 12.1. The van der Waals surface area contributed by atoms with Crippen LogP contribution in [0.25, 0.3) is 0 Å². The zero-order valence-corrected chi connectivity index (χ0v) is 15.4. The molecule has 6 nitrogen and oxygen atoms in total. The Morgan fingerprint density at radius 1 is 1.12 bits per heavy atom. The van der Waals surface area contributed by atoms with Crippen molar-refractivity contribution in [2.75, 3.05) is 36.4 Å². The fraction of sp³-hybridized carbons (Fsp3) is 0.450. The van der Waals surface area contributed by atoms with Crippen molar-refractivity contribution in [3.8, 4) is 0 Å². The molecule has 1 aromatic heterocycles. The number of hydrogen-bond donors (Lipinski definition) is 2. The monoisotopic (exact) mass is 353 g/mol. The summed E-state index contributed by atoms with van der Waals surface area (Å²) in [7, 11) is 0. The second kappa shape index (κ2) is 9.17. The van der Waals surface area contributed by atoms with Crippen LogP contribution in [-0.4, -0.2) is 42.1 Å². The third-order valence-corrected chi connectivity index (χ3v) is 4.48. The number of aromatic nitrogens is 2. The average molecular weight is 353 g/mol. The molecule has 1 saturated heterocycles. The SMILES string of the molecule is Cc1cc(N2CCCC2)nc(NCCNC(=O)CCc2ccccc2)n1. The van der Waals surface area contributed by atoms with Gasteiger partial charge in [0.2, 0.25) is 11.9 Å². The highest BCUT2D eigenvalue weighted by Gasteiger charge is 2.15. The van der Waals surface area contributed by atoms with Gasteiger partial charge in [-0.05, 0) is 31.7 Å². The number of carbonyl (C=O) groups is 1. The van der Waals surface area contributed by atoms with Crippen LogP contribution in [-0.2, 0) is 11.2 Å². The van der Waals surface area contributed by atoms with E-state index >= 15 is 0 Å². The van der Waals surface area contributed by atoms with Crippen molar-refractivity contribution < 1.29 is 4.79 Å². The van der Waals surface area contributed by atoms with Crippen LogP contribution in [0.5, 0.6) is 0 Å². The van der Waals surface area contributed by atoms with Gasteiger partial charge >= 0.3 is 0 Å². The predicted octanol–water partition coefficient (Wildman–Crippen LogP) is 2.55. The maximum absolute atomic E-state index is 11.9. The molecule has 1 aliphatic rings. The molecule has 1 aliphatic heterocycles. The van der Waals surface area contributed by atoms with Crippen molar-refractivity contribution in [3.63, 3.8) is 0 Å². The third kappa shape index (κ3) is 5.44. The van der Waals surface area contributed by atoms with Gasteiger partial charge in [-0.2, -0.15) is 4.98 Å². The maximum atomic E-state index is 11.9. The van der Waals surface area contributed by atoms with Gasteiger partial charge in [-0.1, -0.05) is 30.3 Å². The Kier molecular flexibility index (Phi) is 6.41. The Morgan fingerprint density at radius 2 is 1.88 bits per heavy atom. The summed E-state index contributed by atoms with van der Waals surface area (Å²) in [6.07, 6.45) is 3.71. The van der Waals surface area contributed by atoms with Gasteiger partial charge in [-0.3, -0.25) is 4.79 Å². The van der Waals surface area contributed by atoms with Gasteiger partial charge in [-0.25, -0.2) is 4.98 Å². The van der Waals surface area contributed by atoms with E-state index in [0.717, 1.165) is 31.0 Å². The van der Waals surface area contributed by atoms with Gasteiger partial charge < -0.3 is 15.5 Å². The lowest BCUT2D eigenvalue weighted by Gasteiger charge is -2.17. The van der Waals surface area contributed by atoms with E-state index in [4.69, 9.17) is 0 Å². The number of aryl methyl sites for hydroxylation is 2. The molecular formula is C20H27N5O. The third-order valence-electron chi connectivity index (χ3n) is 4.48. The molecule has 6 heteroatoms. The highest BCUT2D eigenvalue weighted by Crippen LogP contribution is 2.19. The van der Waals surface area contributed by atoms with Crippen LogP contribution < -0.4 is 15.5 Å². The minimum atomic E-state index is 0.0681. The molecule has 0 aliphatic carbocycles. The predicted molar refractivity (Wildman–Crippen MR) is 104 cm³/mol. The Labute approximate surface area is 155 Å². The first-order chi connectivity index (χ1) is 12.7. The van der Waals surface area contributed by atoms with Gasteiger partial charge in [-0.15, -0.1) is 0 Å². The standard InChI is InChI=1S/C20H27N5O/c1-16-15-18(25-13-5-6-14-25)24-20(23-16)22-12-11-21-19(26)10-9-17-7-3-2-4-8-17/h2-4,7-8,15H,5-6,9-14H2,1H3,(H,21,26)(H,22,23,24). The Bertz CT molecular complexity index is 713. The molecule has 138 valence electrons. The van der Waals surface area contributed by atoms with Crippen molar-refractivity contribution in [2.45, 2.75) is 32.6 Å². The van der Waals surface area contributed by atoms with Crippen molar-refractivity contribution in [2.24, 2.45) is 0 Å². The van der Waals surface area contributed by atoms with Crippen LogP contribution >= 0.6 is 0 Å². The molecule has 26 heavy (non-hydrogen) atoms. The normalized spacial score (nSPS) is 13.7. The molecule has 1 fully saturated rings. The van der Waals surface area contributed by atoms with E-state index in [-0.39, 0.29) is 5.91 Å². The molecule has 0 spiro atoms. The molecule has 0 saturated carbocycles. The molecule has 2 aromatic rings. The fourth-order valence-corrected chi connectivity index (χ4v) is 3.11.